The van der Waals surface area contributed by atoms with Crippen LogP contribution >= 0.6 is 0 Å². The topological polar surface area (TPSA) is 65.0 Å². The molecule has 24 heavy (non-hydrogen) atoms. The molecule has 0 aromatic rings. The van der Waals surface area contributed by atoms with Gasteiger partial charge < -0.3 is 19.3 Å². The first kappa shape index (κ1) is 18.1. The second-order valence-electron chi connectivity index (χ2n) is 8.43. The van der Waals surface area contributed by atoms with E-state index < -0.39 is 6.10 Å². The summed E-state index contributed by atoms with van der Waals surface area (Å²) in [6.07, 6.45) is 4.05. The number of carbonyl (C=O) groups is 1. The predicted molar refractivity (Wildman–Crippen MR) is 89.8 cm³/mol. The maximum atomic E-state index is 10.8. The van der Waals surface area contributed by atoms with Crippen LogP contribution < -0.4 is 0 Å². The van der Waals surface area contributed by atoms with Crippen molar-refractivity contribution in [1.82, 2.24) is 0 Å². The normalized spacial score (nSPS) is 44.8. The molecule has 3 heterocycles. The molecule has 1 N–H and O–H groups in total. The van der Waals surface area contributed by atoms with Gasteiger partial charge in [-0.25, -0.2) is 0 Å². The number of aldehydes is 1. The maximum absolute atomic E-state index is 10.8. The third-order valence-electron chi connectivity index (χ3n) is 5.72. The van der Waals surface area contributed by atoms with Gasteiger partial charge in [0.1, 0.15) is 12.4 Å². The molecule has 136 valence electrons. The zero-order valence-electron chi connectivity index (χ0n) is 15.0. The van der Waals surface area contributed by atoms with Gasteiger partial charge in [0, 0.05) is 19.3 Å². The largest absolute Gasteiger partial charge is 0.390 e. The number of aliphatic hydroxyl groups excluding tert-OH is 1. The predicted octanol–water partition coefficient (Wildman–Crippen LogP) is 2.55. The smallest absolute Gasteiger partial charge is 0.145 e. The van der Waals surface area contributed by atoms with Crippen LogP contribution in [0, 0.1) is 0 Å². The van der Waals surface area contributed by atoms with E-state index in [1.807, 2.05) is 0 Å². The SMILES string of the molecule is C=C(C=O)C[C@@H]1C[C@H](O)[C@@H]2O[C@]3(C)CCCC(C)(C)O[C@H]3C[C@H]2O1. The molecule has 5 nitrogen and oxygen atoms in total. The van der Waals surface area contributed by atoms with Crippen molar-refractivity contribution >= 4 is 6.29 Å². The zero-order valence-corrected chi connectivity index (χ0v) is 15.0. The highest BCUT2D eigenvalue weighted by Gasteiger charge is 2.53. The Morgan fingerprint density at radius 3 is 2.71 bits per heavy atom. The molecule has 0 saturated carbocycles. The van der Waals surface area contributed by atoms with Crippen LogP contribution in [0.1, 0.15) is 59.3 Å². The number of aliphatic hydroxyl groups is 1. The van der Waals surface area contributed by atoms with Crippen molar-refractivity contribution in [3.05, 3.63) is 12.2 Å². The van der Waals surface area contributed by atoms with Gasteiger partial charge in [-0.3, -0.25) is 4.79 Å². The van der Waals surface area contributed by atoms with Crippen LogP contribution in [0.2, 0.25) is 0 Å². The molecule has 0 aliphatic carbocycles. The summed E-state index contributed by atoms with van der Waals surface area (Å²) in [5.74, 6) is 0. The summed E-state index contributed by atoms with van der Waals surface area (Å²) in [4.78, 5) is 10.8. The van der Waals surface area contributed by atoms with E-state index in [-0.39, 0.29) is 35.6 Å². The molecule has 6 atom stereocenters. The molecule has 0 unspecified atom stereocenters. The molecule has 0 amide bonds. The fraction of sp³-hybridized carbons (Fsp3) is 0.842. The van der Waals surface area contributed by atoms with Crippen LogP contribution in [-0.4, -0.2) is 53.1 Å². The number of hydrogen-bond acceptors (Lipinski definition) is 5. The van der Waals surface area contributed by atoms with E-state index in [2.05, 4.69) is 27.4 Å². The Hall–Kier alpha value is -0.750. The zero-order chi connectivity index (χ0) is 17.5. The summed E-state index contributed by atoms with van der Waals surface area (Å²) in [6.45, 7) is 10.1. The summed E-state index contributed by atoms with van der Waals surface area (Å²) in [7, 11) is 0. The van der Waals surface area contributed by atoms with Crippen molar-refractivity contribution in [3.63, 3.8) is 0 Å². The lowest BCUT2D eigenvalue weighted by Gasteiger charge is -2.52. The van der Waals surface area contributed by atoms with E-state index in [1.54, 1.807) is 0 Å². The summed E-state index contributed by atoms with van der Waals surface area (Å²) >= 11 is 0. The summed E-state index contributed by atoms with van der Waals surface area (Å²) in [5, 5.41) is 10.6. The monoisotopic (exact) mass is 338 g/mol. The highest BCUT2D eigenvalue weighted by atomic mass is 16.6. The van der Waals surface area contributed by atoms with E-state index in [0.717, 1.165) is 25.5 Å². The quantitative estimate of drug-likeness (QED) is 0.633. The molecule has 0 bridgehead atoms. The van der Waals surface area contributed by atoms with Gasteiger partial charge >= 0.3 is 0 Å². The van der Waals surface area contributed by atoms with Gasteiger partial charge in [0.2, 0.25) is 0 Å². The molecular weight excluding hydrogens is 308 g/mol. The van der Waals surface area contributed by atoms with Crippen molar-refractivity contribution in [2.24, 2.45) is 0 Å². The van der Waals surface area contributed by atoms with E-state index in [1.165, 1.54) is 0 Å². The fourth-order valence-corrected chi connectivity index (χ4v) is 4.40. The highest BCUT2D eigenvalue weighted by molar-refractivity contribution is 5.72. The first-order valence-electron chi connectivity index (χ1n) is 9.04. The molecule has 3 aliphatic heterocycles. The fourth-order valence-electron chi connectivity index (χ4n) is 4.40. The molecule has 0 aromatic carbocycles. The van der Waals surface area contributed by atoms with E-state index >= 15 is 0 Å². The molecule has 3 saturated heterocycles. The highest BCUT2D eigenvalue weighted by Crippen LogP contribution is 2.44. The van der Waals surface area contributed by atoms with Crippen LogP contribution in [0.5, 0.6) is 0 Å². The summed E-state index contributed by atoms with van der Waals surface area (Å²) in [5.41, 5.74) is -0.0469. The van der Waals surface area contributed by atoms with Crippen LogP contribution in [0.4, 0.5) is 0 Å². The Balaban J connectivity index is 1.75. The lowest BCUT2D eigenvalue weighted by Crippen LogP contribution is -2.62. The van der Waals surface area contributed by atoms with Crippen molar-refractivity contribution in [2.45, 2.75) is 101 Å². The third-order valence-corrected chi connectivity index (χ3v) is 5.72. The van der Waals surface area contributed by atoms with Gasteiger partial charge in [0.25, 0.3) is 0 Å². The van der Waals surface area contributed by atoms with Crippen molar-refractivity contribution in [3.8, 4) is 0 Å². The standard InChI is InChI=1S/C19H30O5/c1-12(11-20)8-13-9-14(21)17-15(22-13)10-16-19(4,24-17)7-5-6-18(2,3)23-16/h11,13-17,21H,1,5-10H2,2-4H3/t13-,14+,15-,16+,17+,19-/m1/s1. The Kier molecular flexibility index (Phi) is 4.91. The van der Waals surface area contributed by atoms with Crippen molar-refractivity contribution < 1.29 is 24.1 Å². The van der Waals surface area contributed by atoms with Gasteiger partial charge in [0.15, 0.2) is 0 Å². The van der Waals surface area contributed by atoms with Crippen LogP contribution in [-0.2, 0) is 19.0 Å². The van der Waals surface area contributed by atoms with E-state index in [0.29, 0.717) is 24.8 Å². The number of carbonyl (C=O) groups excluding carboxylic acids is 1. The summed E-state index contributed by atoms with van der Waals surface area (Å²) < 4.78 is 18.9. The lowest BCUT2D eigenvalue weighted by atomic mass is 9.81. The lowest BCUT2D eigenvalue weighted by molar-refractivity contribution is -0.295. The van der Waals surface area contributed by atoms with Crippen LogP contribution in [0.3, 0.4) is 0 Å². The molecule has 0 spiro atoms. The van der Waals surface area contributed by atoms with Gasteiger partial charge in [-0.1, -0.05) is 6.58 Å². The minimum absolute atomic E-state index is 0.0449. The van der Waals surface area contributed by atoms with Gasteiger partial charge in [-0.15, -0.1) is 0 Å². The van der Waals surface area contributed by atoms with Gasteiger partial charge in [-0.2, -0.15) is 0 Å². The molecular formula is C19H30O5. The number of rotatable bonds is 3. The molecule has 3 fully saturated rings. The van der Waals surface area contributed by atoms with Crippen LogP contribution in [0.25, 0.3) is 0 Å². The Labute approximate surface area is 144 Å². The Bertz CT molecular complexity index is 502. The number of ether oxygens (including phenoxy) is 3. The molecule has 0 radical (unpaired) electrons. The first-order valence-corrected chi connectivity index (χ1v) is 9.04. The molecule has 0 aromatic heterocycles. The summed E-state index contributed by atoms with van der Waals surface area (Å²) in [6, 6.07) is 0. The molecule has 3 rings (SSSR count). The second-order valence-corrected chi connectivity index (χ2v) is 8.43. The first-order chi connectivity index (χ1) is 11.2. The minimum atomic E-state index is -0.581. The Morgan fingerprint density at radius 1 is 1.25 bits per heavy atom. The number of hydrogen-bond donors (Lipinski definition) is 1. The average molecular weight is 338 g/mol. The average Bonchev–Trinajstić information content (AvgIpc) is 2.60. The van der Waals surface area contributed by atoms with Crippen molar-refractivity contribution in [2.75, 3.05) is 0 Å². The van der Waals surface area contributed by atoms with Gasteiger partial charge in [0.05, 0.1) is 35.6 Å². The molecule has 5 heteroatoms. The Morgan fingerprint density at radius 2 is 2.00 bits per heavy atom. The van der Waals surface area contributed by atoms with Gasteiger partial charge in [-0.05, 0) is 45.6 Å². The number of fused-ring (bicyclic) bond motifs is 2. The minimum Gasteiger partial charge on any atom is -0.390 e. The second kappa shape index (κ2) is 6.52. The van der Waals surface area contributed by atoms with E-state index in [4.69, 9.17) is 14.2 Å². The molecule has 3 aliphatic rings. The van der Waals surface area contributed by atoms with Crippen molar-refractivity contribution in [1.29, 1.82) is 0 Å². The van der Waals surface area contributed by atoms with Crippen LogP contribution in [0.15, 0.2) is 12.2 Å². The van der Waals surface area contributed by atoms with E-state index in [9.17, 15) is 9.90 Å². The maximum Gasteiger partial charge on any atom is 0.145 e. The third kappa shape index (κ3) is 3.59.